The van der Waals surface area contributed by atoms with Crippen LogP contribution in [0, 0.1) is 0 Å². The van der Waals surface area contributed by atoms with Gasteiger partial charge >= 0.3 is 12.0 Å². The van der Waals surface area contributed by atoms with E-state index in [-0.39, 0.29) is 0 Å². The van der Waals surface area contributed by atoms with Crippen molar-refractivity contribution in [2.24, 2.45) is 0 Å². The Bertz CT molecular complexity index is 389. The molecular weight excluding hydrogens is 230 g/mol. The number of carboxylic acid groups (broad SMARTS) is 1. The Morgan fingerprint density at radius 2 is 2.25 bits per heavy atom. The van der Waals surface area contributed by atoms with Crippen molar-refractivity contribution >= 4 is 28.5 Å². The molecule has 3 N–H and O–H groups in total. The monoisotopic (exact) mass is 243 g/mol. The summed E-state index contributed by atoms with van der Waals surface area (Å²) in [5.41, 5.74) is 0.901. The van der Waals surface area contributed by atoms with Gasteiger partial charge in [0, 0.05) is 5.38 Å². The van der Waals surface area contributed by atoms with Gasteiger partial charge in [-0.3, -0.25) is 10.1 Å². The molecule has 0 atom stereocenters. The second-order valence-electron chi connectivity index (χ2n) is 3.43. The van der Waals surface area contributed by atoms with Gasteiger partial charge in [-0.15, -0.1) is 11.3 Å². The number of aliphatic carboxylic acids is 1. The highest BCUT2D eigenvalue weighted by Crippen LogP contribution is 2.21. The van der Waals surface area contributed by atoms with E-state index in [0.717, 1.165) is 5.69 Å². The number of carbonyl (C=O) groups excluding carboxylic acids is 1. The predicted octanol–water partition coefficient (Wildman–Crippen LogP) is 1.47. The maximum Gasteiger partial charge on any atom is 0.323 e. The van der Waals surface area contributed by atoms with Crippen molar-refractivity contribution in [1.29, 1.82) is 0 Å². The molecule has 1 rings (SSSR count). The number of amides is 2. The molecule has 1 aromatic heterocycles. The first-order valence-electron chi connectivity index (χ1n) is 4.71. The topological polar surface area (TPSA) is 91.3 Å². The summed E-state index contributed by atoms with van der Waals surface area (Å²) in [6.45, 7) is 3.60. The van der Waals surface area contributed by atoms with Gasteiger partial charge in [-0.2, -0.15) is 0 Å². The normalized spacial score (nSPS) is 10.2. The van der Waals surface area contributed by atoms with E-state index in [2.05, 4.69) is 15.6 Å². The van der Waals surface area contributed by atoms with Gasteiger partial charge in [0.05, 0.1) is 5.69 Å². The molecule has 6 nitrogen and oxygen atoms in total. The molecule has 0 aliphatic heterocycles. The number of hydrogen-bond acceptors (Lipinski definition) is 4. The number of nitrogens with one attached hydrogen (secondary N) is 2. The largest absolute Gasteiger partial charge is 0.480 e. The second-order valence-corrected chi connectivity index (χ2v) is 4.29. The zero-order chi connectivity index (χ0) is 12.1. The summed E-state index contributed by atoms with van der Waals surface area (Å²) in [7, 11) is 0. The van der Waals surface area contributed by atoms with Gasteiger partial charge in [0.15, 0.2) is 5.13 Å². The molecule has 16 heavy (non-hydrogen) atoms. The first-order valence-corrected chi connectivity index (χ1v) is 5.59. The Kier molecular flexibility index (Phi) is 4.24. The molecule has 0 unspecified atom stereocenters. The summed E-state index contributed by atoms with van der Waals surface area (Å²) < 4.78 is 0. The minimum atomic E-state index is -1.09. The molecule has 0 aliphatic rings. The van der Waals surface area contributed by atoms with Crippen molar-refractivity contribution < 1.29 is 14.7 Å². The maximum atomic E-state index is 11.2. The molecule has 0 saturated carbocycles. The number of carbonyl (C=O) groups is 2. The number of carboxylic acids is 1. The first-order chi connectivity index (χ1) is 7.49. The lowest BCUT2D eigenvalue weighted by molar-refractivity contribution is -0.135. The molecule has 0 fully saturated rings. The highest BCUT2D eigenvalue weighted by Gasteiger charge is 2.08. The molecule has 88 valence electrons. The van der Waals surface area contributed by atoms with E-state index < -0.39 is 18.5 Å². The average Bonchev–Trinajstić information content (AvgIpc) is 2.63. The lowest BCUT2D eigenvalue weighted by Gasteiger charge is -2.02. The van der Waals surface area contributed by atoms with Crippen LogP contribution in [0.25, 0.3) is 0 Å². The van der Waals surface area contributed by atoms with Crippen LogP contribution in [-0.2, 0) is 4.79 Å². The minimum absolute atomic E-state index is 0.300. The minimum Gasteiger partial charge on any atom is -0.480 e. The van der Waals surface area contributed by atoms with Crippen molar-refractivity contribution in [3.05, 3.63) is 11.1 Å². The van der Waals surface area contributed by atoms with E-state index in [4.69, 9.17) is 5.11 Å². The lowest BCUT2D eigenvalue weighted by Crippen LogP contribution is -2.33. The van der Waals surface area contributed by atoms with Crippen molar-refractivity contribution in [1.82, 2.24) is 10.3 Å². The van der Waals surface area contributed by atoms with Gasteiger partial charge in [-0.1, -0.05) is 13.8 Å². The van der Waals surface area contributed by atoms with Gasteiger partial charge < -0.3 is 10.4 Å². The van der Waals surface area contributed by atoms with Gasteiger partial charge in [0.2, 0.25) is 0 Å². The van der Waals surface area contributed by atoms with Crippen LogP contribution in [0.1, 0.15) is 25.5 Å². The van der Waals surface area contributed by atoms with Gasteiger partial charge in [0.25, 0.3) is 0 Å². The van der Waals surface area contributed by atoms with Crippen molar-refractivity contribution in [2.45, 2.75) is 19.8 Å². The van der Waals surface area contributed by atoms with E-state index in [9.17, 15) is 9.59 Å². The van der Waals surface area contributed by atoms with Crippen LogP contribution in [0.15, 0.2) is 5.38 Å². The highest BCUT2D eigenvalue weighted by atomic mass is 32.1. The number of hydrogen-bond donors (Lipinski definition) is 3. The number of rotatable bonds is 4. The molecule has 0 saturated heterocycles. The second kappa shape index (κ2) is 5.45. The van der Waals surface area contributed by atoms with Crippen LogP contribution in [0.5, 0.6) is 0 Å². The van der Waals surface area contributed by atoms with Gasteiger partial charge in [-0.25, -0.2) is 9.78 Å². The SMILES string of the molecule is CC(C)c1csc(NC(=O)NCC(=O)O)n1. The highest BCUT2D eigenvalue weighted by molar-refractivity contribution is 7.13. The van der Waals surface area contributed by atoms with Gasteiger partial charge in [-0.05, 0) is 5.92 Å². The zero-order valence-corrected chi connectivity index (χ0v) is 9.80. The Balaban J connectivity index is 2.46. The molecule has 0 bridgehead atoms. The van der Waals surface area contributed by atoms with Gasteiger partial charge in [0.1, 0.15) is 6.54 Å². The van der Waals surface area contributed by atoms with Crippen LogP contribution < -0.4 is 10.6 Å². The number of thiazole rings is 1. The molecule has 0 aliphatic carbocycles. The Morgan fingerprint density at radius 3 is 2.75 bits per heavy atom. The average molecular weight is 243 g/mol. The van der Waals surface area contributed by atoms with E-state index in [0.29, 0.717) is 11.0 Å². The number of nitrogens with zero attached hydrogens (tertiary/aromatic N) is 1. The zero-order valence-electron chi connectivity index (χ0n) is 8.98. The van der Waals surface area contributed by atoms with Crippen LogP contribution in [0.2, 0.25) is 0 Å². The fourth-order valence-electron chi connectivity index (χ4n) is 0.906. The van der Waals surface area contributed by atoms with E-state index >= 15 is 0 Å². The maximum absolute atomic E-state index is 11.2. The predicted molar refractivity (Wildman–Crippen MR) is 60.9 cm³/mol. The number of aromatic nitrogens is 1. The fourth-order valence-corrected chi connectivity index (χ4v) is 1.77. The smallest absolute Gasteiger partial charge is 0.323 e. The Labute approximate surface area is 96.7 Å². The van der Waals surface area contributed by atoms with Crippen LogP contribution in [-0.4, -0.2) is 28.6 Å². The third-order valence-corrected chi connectivity index (χ3v) is 2.51. The fraction of sp³-hybridized carbons (Fsp3) is 0.444. The summed E-state index contributed by atoms with van der Waals surface area (Å²) in [4.78, 5) is 25.5. The molecule has 1 aromatic rings. The summed E-state index contributed by atoms with van der Waals surface area (Å²) in [6, 6.07) is -0.563. The van der Waals surface area contributed by atoms with Crippen LogP contribution in [0.4, 0.5) is 9.93 Å². The lowest BCUT2D eigenvalue weighted by atomic mass is 10.2. The van der Waals surface area contributed by atoms with Crippen LogP contribution >= 0.6 is 11.3 Å². The summed E-state index contributed by atoms with van der Waals surface area (Å²) >= 11 is 1.31. The van der Waals surface area contributed by atoms with Crippen molar-refractivity contribution in [3.8, 4) is 0 Å². The number of urea groups is 1. The molecule has 0 spiro atoms. The quantitative estimate of drug-likeness (QED) is 0.746. The number of anilines is 1. The van der Waals surface area contributed by atoms with E-state index in [1.54, 1.807) is 0 Å². The summed E-state index contributed by atoms with van der Waals surface area (Å²) in [5.74, 6) is -0.786. The van der Waals surface area contributed by atoms with Crippen molar-refractivity contribution in [3.63, 3.8) is 0 Å². The van der Waals surface area contributed by atoms with Crippen LogP contribution in [0.3, 0.4) is 0 Å². The summed E-state index contributed by atoms with van der Waals surface area (Å²) in [6.07, 6.45) is 0. The molecule has 2 amide bonds. The van der Waals surface area contributed by atoms with E-state index in [1.165, 1.54) is 11.3 Å². The molecule has 1 heterocycles. The first kappa shape index (κ1) is 12.4. The Morgan fingerprint density at radius 1 is 1.56 bits per heavy atom. The molecule has 0 radical (unpaired) electrons. The van der Waals surface area contributed by atoms with E-state index in [1.807, 2.05) is 19.2 Å². The standard InChI is InChI=1S/C9H13N3O3S/c1-5(2)6-4-16-9(11-6)12-8(15)10-3-7(13)14/h4-5H,3H2,1-2H3,(H,13,14)(H2,10,11,12,15). The molecular formula is C9H13N3O3S. The van der Waals surface area contributed by atoms with Crippen molar-refractivity contribution in [2.75, 3.05) is 11.9 Å². The third kappa shape index (κ3) is 3.85. The molecule has 7 heteroatoms. The summed E-state index contributed by atoms with van der Waals surface area (Å²) in [5, 5.41) is 15.3. The Hall–Kier alpha value is -1.63. The molecule has 0 aromatic carbocycles. The third-order valence-electron chi connectivity index (χ3n) is 1.73.